The Morgan fingerprint density at radius 1 is 1.17 bits per heavy atom. The van der Waals surface area contributed by atoms with Crippen molar-refractivity contribution in [2.75, 3.05) is 5.75 Å². The molecule has 0 bridgehead atoms. The standard InChI is InChI=1S/C18H19N3O2S/c1-11-8-13(3)14(9-12(11)2)15(22)10-24-18-20-19-17(21(18)4)16-6-5-7-23-16/h5-9H,10H2,1-4H3. The van der Waals surface area contributed by atoms with Gasteiger partial charge in [-0.25, -0.2) is 0 Å². The van der Waals surface area contributed by atoms with Crippen LogP contribution in [-0.4, -0.2) is 26.3 Å². The van der Waals surface area contributed by atoms with Crippen LogP contribution in [-0.2, 0) is 7.05 Å². The summed E-state index contributed by atoms with van der Waals surface area (Å²) in [5.41, 5.74) is 4.12. The van der Waals surface area contributed by atoms with Gasteiger partial charge in [0.25, 0.3) is 0 Å². The molecule has 2 heterocycles. The third-order valence-corrected chi connectivity index (χ3v) is 5.07. The number of aromatic nitrogens is 3. The summed E-state index contributed by atoms with van der Waals surface area (Å²) in [7, 11) is 1.87. The summed E-state index contributed by atoms with van der Waals surface area (Å²) >= 11 is 1.38. The van der Waals surface area contributed by atoms with E-state index in [0.717, 1.165) is 16.7 Å². The van der Waals surface area contributed by atoms with Crippen molar-refractivity contribution in [3.63, 3.8) is 0 Å². The van der Waals surface area contributed by atoms with Gasteiger partial charge in [0.2, 0.25) is 0 Å². The average molecular weight is 341 g/mol. The summed E-state index contributed by atoms with van der Waals surface area (Å²) in [6, 6.07) is 7.67. The fraction of sp³-hybridized carbons (Fsp3) is 0.278. The maximum Gasteiger partial charge on any atom is 0.200 e. The van der Waals surface area contributed by atoms with E-state index in [2.05, 4.69) is 23.2 Å². The lowest BCUT2D eigenvalue weighted by atomic mass is 9.99. The van der Waals surface area contributed by atoms with Gasteiger partial charge in [0.05, 0.1) is 12.0 Å². The number of carbonyl (C=O) groups excluding carboxylic acids is 1. The van der Waals surface area contributed by atoms with Gasteiger partial charge in [-0.3, -0.25) is 4.79 Å². The second kappa shape index (κ2) is 6.65. The third-order valence-electron chi connectivity index (χ3n) is 4.05. The van der Waals surface area contributed by atoms with Crippen molar-refractivity contribution in [2.45, 2.75) is 25.9 Å². The van der Waals surface area contributed by atoms with Crippen molar-refractivity contribution in [1.29, 1.82) is 0 Å². The maximum atomic E-state index is 12.6. The molecule has 1 aromatic carbocycles. The lowest BCUT2D eigenvalue weighted by Gasteiger charge is -2.09. The van der Waals surface area contributed by atoms with Crippen molar-refractivity contribution in [3.05, 3.63) is 52.8 Å². The summed E-state index contributed by atoms with van der Waals surface area (Å²) in [5, 5.41) is 8.99. The molecule has 0 amide bonds. The molecule has 0 unspecified atom stereocenters. The summed E-state index contributed by atoms with van der Waals surface area (Å²) in [6.45, 7) is 6.06. The van der Waals surface area contributed by atoms with E-state index in [1.165, 1.54) is 17.3 Å². The fourth-order valence-electron chi connectivity index (χ4n) is 2.53. The van der Waals surface area contributed by atoms with Crippen LogP contribution in [0.25, 0.3) is 11.6 Å². The van der Waals surface area contributed by atoms with Crippen molar-refractivity contribution < 1.29 is 9.21 Å². The van der Waals surface area contributed by atoms with Crippen molar-refractivity contribution in [1.82, 2.24) is 14.8 Å². The lowest BCUT2D eigenvalue weighted by molar-refractivity contribution is 0.102. The van der Waals surface area contributed by atoms with Gasteiger partial charge in [-0.15, -0.1) is 10.2 Å². The number of carbonyl (C=O) groups is 1. The number of aryl methyl sites for hydroxylation is 3. The maximum absolute atomic E-state index is 12.6. The number of benzene rings is 1. The van der Waals surface area contributed by atoms with E-state index in [9.17, 15) is 4.79 Å². The Labute approximate surface area is 145 Å². The molecule has 124 valence electrons. The van der Waals surface area contributed by atoms with Crippen LogP contribution in [0.15, 0.2) is 40.1 Å². The molecule has 0 radical (unpaired) electrons. The molecular formula is C18H19N3O2S. The summed E-state index contributed by atoms with van der Waals surface area (Å²) in [5.74, 6) is 1.74. The molecule has 0 aliphatic rings. The molecule has 0 N–H and O–H groups in total. The van der Waals surface area contributed by atoms with E-state index in [1.807, 2.05) is 43.7 Å². The first kappa shape index (κ1) is 16.5. The van der Waals surface area contributed by atoms with Crippen LogP contribution in [0, 0.1) is 20.8 Å². The molecule has 0 aliphatic heterocycles. The molecule has 6 heteroatoms. The van der Waals surface area contributed by atoms with Crippen molar-refractivity contribution in [2.24, 2.45) is 7.05 Å². The van der Waals surface area contributed by atoms with E-state index in [0.29, 0.717) is 22.5 Å². The van der Waals surface area contributed by atoms with Gasteiger partial charge >= 0.3 is 0 Å². The van der Waals surface area contributed by atoms with Gasteiger partial charge in [-0.2, -0.15) is 0 Å². The molecule has 0 spiro atoms. The van der Waals surface area contributed by atoms with E-state index in [1.54, 1.807) is 6.26 Å². The van der Waals surface area contributed by atoms with Crippen molar-refractivity contribution >= 4 is 17.5 Å². The zero-order chi connectivity index (χ0) is 17.3. The molecule has 24 heavy (non-hydrogen) atoms. The first-order valence-electron chi connectivity index (χ1n) is 7.64. The monoisotopic (exact) mass is 341 g/mol. The number of hydrogen-bond acceptors (Lipinski definition) is 5. The van der Waals surface area contributed by atoms with Crippen LogP contribution in [0.3, 0.4) is 0 Å². The minimum Gasteiger partial charge on any atom is -0.461 e. The highest BCUT2D eigenvalue weighted by Crippen LogP contribution is 2.24. The van der Waals surface area contributed by atoms with Crippen LogP contribution in [0.2, 0.25) is 0 Å². The molecule has 5 nitrogen and oxygen atoms in total. The lowest BCUT2D eigenvalue weighted by Crippen LogP contribution is -2.07. The number of hydrogen-bond donors (Lipinski definition) is 0. The Morgan fingerprint density at radius 3 is 2.62 bits per heavy atom. The van der Waals surface area contributed by atoms with Gasteiger partial charge in [0, 0.05) is 12.6 Å². The molecule has 0 atom stereocenters. The second-order valence-electron chi connectivity index (χ2n) is 5.81. The van der Waals surface area contributed by atoms with Gasteiger partial charge in [0.1, 0.15) is 0 Å². The zero-order valence-electron chi connectivity index (χ0n) is 14.2. The van der Waals surface area contributed by atoms with E-state index >= 15 is 0 Å². The first-order valence-corrected chi connectivity index (χ1v) is 8.63. The zero-order valence-corrected chi connectivity index (χ0v) is 15.0. The summed E-state index contributed by atoms with van der Waals surface area (Å²) < 4.78 is 7.19. The minimum atomic E-state index is 0.100. The number of rotatable bonds is 5. The number of furan rings is 1. The molecule has 0 saturated carbocycles. The van der Waals surface area contributed by atoms with E-state index in [-0.39, 0.29) is 5.78 Å². The summed E-state index contributed by atoms with van der Waals surface area (Å²) in [6.07, 6.45) is 1.60. The summed E-state index contributed by atoms with van der Waals surface area (Å²) in [4.78, 5) is 12.6. The Morgan fingerprint density at radius 2 is 1.92 bits per heavy atom. The SMILES string of the molecule is Cc1cc(C)c(C(=O)CSc2nnc(-c3ccco3)n2C)cc1C. The largest absolute Gasteiger partial charge is 0.461 e. The van der Waals surface area contributed by atoms with Crippen LogP contribution in [0.4, 0.5) is 0 Å². The van der Waals surface area contributed by atoms with E-state index in [4.69, 9.17) is 4.42 Å². The van der Waals surface area contributed by atoms with Gasteiger partial charge < -0.3 is 8.98 Å². The predicted molar refractivity (Wildman–Crippen MR) is 94.4 cm³/mol. The average Bonchev–Trinajstić information content (AvgIpc) is 3.18. The van der Waals surface area contributed by atoms with Crippen molar-refractivity contribution in [3.8, 4) is 11.6 Å². The smallest absolute Gasteiger partial charge is 0.200 e. The molecule has 2 aromatic heterocycles. The first-order chi connectivity index (χ1) is 11.5. The minimum absolute atomic E-state index is 0.100. The van der Waals surface area contributed by atoms with Crippen LogP contribution >= 0.6 is 11.8 Å². The number of Topliss-reactive ketones (excluding diaryl/α,β-unsaturated/α-hetero) is 1. The molecule has 0 aliphatic carbocycles. The highest BCUT2D eigenvalue weighted by atomic mass is 32.2. The Balaban J connectivity index is 1.75. The molecule has 3 rings (SSSR count). The van der Waals surface area contributed by atoms with Crippen LogP contribution in [0.5, 0.6) is 0 Å². The quantitative estimate of drug-likeness (QED) is 0.519. The third kappa shape index (κ3) is 3.14. The highest BCUT2D eigenvalue weighted by molar-refractivity contribution is 7.99. The van der Waals surface area contributed by atoms with Gasteiger partial charge in [-0.1, -0.05) is 17.8 Å². The number of thioether (sulfide) groups is 1. The second-order valence-corrected chi connectivity index (χ2v) is 6.75. The van der Waals surface area contributed by atoms with Gasteiger partial charge in [-0.05, 0) is 55.7 Å². The molecule has 0 saturated heterocycles. The fourth-order valence-corrected chi connectivity index (χ4v) is 3.32. The van der Waals surface area contributed by atoms with Gasteiger partial charge in [0.15, 0.2) is 22.5 Å². The van der Waals surface area contributed by atoms with E-state index < -0.39 is 0 Å². The molecule has 0 fully saturated rings. The topological polar surface area (TPSA) is 60.9 Å². The Hall–Kier alpha value is -2.34. The predicted octanol–water partition coefficient (Wildman–Crippen LogP) is 3.98. The van der Waals surface area contributed by atoms with Crippen LogP contribution in [0.1, 0.15) is 27.0 Å². The molecular weight excluding hydrogens is 322 g/mol. The highest BCUT2D eigenvalue weighted by Gasteiger charge is 2.16. The molecule has 3 aromatic rings. The Bertz CT molecular complexity index is 882. The normalized spacial score (nSPS) is 11.0. The number of nitrogens with zero attached hydrogens (tertiary/aromatic N) is 3. The number of ketones is 1. The van der Waals surface area contributed by atoms with Crippen LogP contribution < -0.4 is 0 Å². The Kier molecular flexibility index (Phi) is 4.57.